The quantitative estimate of drug-likeness (QED) is 0.499. The minimum atomic E-state index is -0.163. The maximum atomic E-state index is 14.5. The monoisotopic (exact) mass is 370 g/mol. The van der Waals surface area contributed by atoms with Crippen LogP contribution in [-0.4, -0.2) is 23.0 Å². The molecule has 140 valence electrons. The highest BCUT2D eigenvalue weighted by Crippen LogP contribution is 2.35. The minimum Gasteiger partial charge on any atom is -0.358 e. The average Bonchev–Trinajstić information content (AvgIpc) is 2.98. The van der Waals surface area contributed by atoms with Crippen molar-refractivity contribution in [3.05, 3.63) is 95.4 Å². The van der Waals surface area contributed by atoms with Gasteiger partial charge in [0.15, 0.2) is 0 Å². The molecule has 3 aromatic carbocycles. The third-order valence-corrected chi connectivity index (χ3v) is 5.79. The SMILES string of the molecule is Fc1ccccc1-c1cccc2[nH]c3c(c12)CCN(Cc1ccccc1)CC3. The summed E-state index contributed by atoms with van der Waals surface area (Å²) in [5.74, 6) is -0.163. The first-order chi connectivity index (χ1) is 13.8. The molecule has 4 aromatic rings. The van der Waals surface area contributed by atoms with E-state index < -0.39 is 0 Å². The Bertz CT molecular complexity index is 1110. The van der Waals surface area contributed by atoms with Gasteiger partial charge in [-0.05, 0) is 35.2 Å². The molecule has 1 aliphatic rings. The molecule has 0 saturated heterocycles. The lowest BCUT2D eigenvalue weighted by atomic mass is 9.96. The molecule has 0 saturated carbocycles. The molecule has 0 atom stereocenters. The first kappa shape index (κ1) is 17.2. The minimum absolute atomic E-state index is 0.163. The summed E-state index contributed by atoms with van der Waals surface area (Å²) < 4.78 is 14.5. The first-order valence-corrected chi connectivity index (χ1v) is 9.93. The average molecular weight is 370 g/mol. The number of fused-ring (bicyclic) bond motifs is 3. The van der Waals surface area contributed by atoms with Crippen LogP contribution in [0.4, 0.5) is 4.39 Å². The number of halogens is 1. The molecule has 1 N–H and O–H groups in total. The highest BCUT2D eigenvalue weighted by Gasteiger charge is 2.21. The third kappa shape index (κ3) is 3.12. The van der Waals surface area contributed by atoms with Crippen LogP contribution in [0, 0.1) is 5.82 Å². The molecule has 5 rings (SSSR count). The van der Waals surface area contributed by atoms with Crippen molar-refractivity contribution >= 4 is 10.9 Å². The van der Waals surface area contributed by atoms with E-state index in [1.807, 2.05) is 24.3 Å². The smallest absolute Gasteiger partial charge is 0.131 e. The van der Waals surface area contributed by atoms with Gasteiger partial charge >= 0.3 is 0 Å². The number of rotatable bonds is 3. The number of aromatic nitrogens is 1. The zero-order chi connectivity index (χ0) is 18.9. The summed E-state index contributed by atoms with van der Waals surface area (Å²) in [7, 11) is 0. The summed E-state index contributed by atoms with van der Waals surface area (Å²) in [6, 6.07) is 23.9. The van der Waals surface area contributed by atoms with Crippen LogP contribution < -0.4 is 0 Å². The highest BCUT2D eigenvalue weighted by atomic mass is 19.1. The number of aromatic amines is 1. The van der Waals surface area contributed by atoms with Crippen molar-refractivity contribution in [3.8, 4) is 11.1 Å². The Kier molecular flexibility index (Phi) is 4.46. The number of H-pyrrole nitrogens is 1. The molecule has 0 fully saturated rings. The van der Waals surface area contributed by atoms with Gasteiger partial charge in [-0.1, -0.05) is 60.7 Å². The van der Waals surface area contributed by atoms with E-state index in [0.717, 1.165) is 43.6 Å². The van der Waals surface area contributed by atoms with Gasteiger partial charge in [-0.3, -0.25) is 4.90 Å². The summed E-state index contributed by atoms with van der Waals surface area (Å²) in [4.78, 5) is 6.14. The maximum Gasteiger partial charge on any atom is 0.131 e. The predicted octanol–water partition coefficient (Wildman–Crippen LogP) is 5.57. The van der Waals surface area contributed by atoms with E-state index >= 15 is 0 Å². The van der Waals surface area contributed by atoms with Crippen molar-refractivity contribution in [2.45, 2.75) is 19.4 Å². The van der Waals surface area contributed by atoms with Crippen LogP contribution in [0.2, 0.25) is 0 Å². The van der Waals surface area contributed by atoms with Crippen molar-refractivity contribution in [1.29, 1.82) is 0 Å². The topological polar surface area (TPSA) is 19.0 Å². The second-order valence-corrected chi connectivity index (χ2v) is 7.55. The van der Waals surface area contributed by atoms with E-state index in [1.54, 1.807) is 12.1 Å². The van der Waals surface area contributed by atoms with Gasteiger partial charge in [0.2, 0.25) is 0 Å². The van der Waals surface area contributed by atoms with E-state index in [0.29, 0.717) is 5.56 Å². The largest absolute Gasteiger partial charge is 0.358 e. The zero-order valence-corrected chi connectivity index (χ0v) is 15.8. The van der Waals surface area contributed by atoms with Crippen LogP contribution in [0.3, 0.4) is 0 Å². The Balaban J connectivity index is 1.51. The van der Waals surface area contributed by atoms with Crippen LogP contribution in [0.25, 0.3) is 22.0 Å². The van der Waals surface area contributed by atoms with Gasteiger partial charge < -0.3 is 4.98 Å². The van der Waals surface area contributed by atoms with Gasteiger partial charge in [0.1, 0.15) is 5.82 Å². The molecule has 0 aliphatic carbocycles. The fourth-order valence-corrected chi connectivity index (χ4v) is 4.42. The lowest BCUT2D eigenvalue weighted by Gasteiger charge is -2.19. The van der Waals surface area contributed by atoms with Gasteiger partial charge in [-0.15, -0.1) is 0 Å². The molecule has 0 radical (unpaired) electrons. The second-order valence-electron chi connectivity index (χ2n) is 7.55. The van der Waals surface area contributed by atoms with Gasteiger partial charge in [-0.2, -0.15) is 0 Å². The van der Waals surface area contributed by atoms with E-state index in [1.165, 1.54) is 22.2 Å². The molecule has 1 aromatic heterocycles. The molecule has 0 bridgehead atoms. The fraction of sp³-hybridized carbons (Fsp3) is 0.200. The fourth-order valence-electron chi connectivity index (χ4n) is 4.42. The van der Waals surface area contributed by atoms with E-state index in [-0.39, 0.29) is 5.82 Å². The molecule has 2 nitrogen and oxygen atoms in total. The van der Waals surface area contributed by atoms with Crippen molar-refractivity contribution in [2.75, 3.05) is 13.1 Å². The van der Waals surface area contributed by atoms with Crippen molar-refractivity contribution in [2.24, 2.45) is 0 Å². The molecule has 0 unspecified atom stereocenters. The number of benzene rings is 3. The number of nitrogens with one attached hydrogen (secondary N) is 1. The van der Waals surface area contributed by atoms with E-state index in [9.17, 15) is 4.39 Å². The van der Waals surface area contributed by atoms with E-state index in [2.05, 4.69) is 46.3 Å². The predicted molar refractivity (Wildman–Crippen MR) is 113 cm³/mol. The normalized spacial score (nSPS) is 14.8. The number of nitrogens with zero attached hydrogens (tertiary/aromatic N) is 1. The summed E-state index contributed by atoms with van der Waals surface area (Å²) >= 11 is 0. The molecular formula is C25H23FN2. The van der Waals surface area contributed by atoms with Gasteiger partial charge in [0.05, 0.1) is 0 Å². The molecule has 28 heavy (non-hydrogen) atoms. The lowest BCUT2D eigenvalue weighted by molar-refractivity contribution is 0.279. The molecular weight excluding hydrogens is 347 g/mol. The number of hydrogen-bond donors (Lipinski definition) is 1. The van der Waals surface area contributed by atoms with Crippen LogP contribution in [0.15, 0.2) is 72.8 Å². The molecule has 2 heterocycles. The molecule has 1 aliphatic heterocycles. The molecule has 0 amide bonds. The Morgan fingerprint density at radius 2 is 1.54 bits per heavy atom. The first-order valence-electron chi connectivity index (χ1n) is 9.93. The number of hydrogen-bond acceptors (Lipinski definition) is 1. The third-order valence-electron chi connectivity index (χ3n) is 5.79. The Morgan fingerprint density at radius 3 is 2.39 bits per heavy atom. The zero-order valence-electron chi connectivity index (χ0n) is 15.8. The van der Waals surface area contributed by atoms with Crippen molar-refractivity contribution in [1.82, 2.24) is 9.88 Å². The Morgan fingerprint density at radius 1 is 0.786 bits per heavy atom. The Hall–Kier alpha value is -2.91. The second kappa shape index (κ2) is 7.25. The van der Waals surface area contributed by atoms with Crippen LogP contribution in [-0.2, 0) is 19.4 Å². The Labute approximate surface area is 164 Å². The summed E-state index contributed by atoms with van der Waals surface area (Å²) in [5, 5.41) is 1.18. The molecule has 3 heteroatoms. The van der Waals surface area contributed by atoms with Gasteiger partial charge in [0, 0.05) is 48.2 Å². The van der Waals surface area contributed by atoms with Gasteiger partial charge in [-0.25, -0.2) is 4.39 Å². The summed E-state index contributed by atoms with van der Waals surface area (Å²) in [6.07, 6.45) is 1.97. The van der Waals surface area contributed by atoms with Crippen LogP contribution in [0.5, 0.6) is 0 Å². The van der Waals surface area contributed by atoms with Crippen LogP contribution >= 0.6 is 0 Å². The van der Waals surface area contributed by atoms with Gasteiger partial charge in [0.25, 0.3) is 0 Å². The maximum absolute atomic E-state index is 14.5. The highest BCUT2D eigenvalue weighted by molar-refractivity contribution is 5.98. The van der Waals surface area contributed by atoms with E-state index in [4.69, 9.17) is 0 Å². The summed E-state index contributed by atoms with van der Waals surface area (Å²) in [5.41, 5.74) is 6.79. The van der Waals surface area contributed by atoms with Crippen molar-refractivity contribution < 1.29 is 4.39 Å². The standard InChI is InChI=1S/C25H23FN2/c26-22-11-5-4-9-19(22)20-10-6-12-24-25(20)21-13-15-28(16-14-23(21)27-24)17-18-7-2-1-3-8-18/h1-12,27H,13-17H2. The van der Waals surface area contributed by atoms with Crippen molar-refractivity contribution in [3.63, 3.8) is 0 Å². The summed E-state index contributed by atoms with van der Waals surface area (Å²) in [6.45, 7) is 3.02. The van der Waals surface area contributed by atoms with Crippen LogP contribution in [0.1, 0.15) is 16.8 Å². The lowest BCUT2D eigenvalue weighted by Crippen LogP contribution is -2.26. The molecule has 0 spiro atoms.